The molecule has 0 spiro atoms. The number of aryl methyl sites for hydroxylation is 1. The smallest absolute Gasteiger partial charge is 0.336 e. The first-order valence-electron chi connectivity index (χ1n) is 7.18. The second kappa shape index (κ2) is 5.24. The van der Waals surface area contributed by atoms with Crippen molar-refractivity contribution in [1.82, 2.24) is 9.78 Å². The molecule has 2 aromatic rings. The molecule has 1 atom stereocenters. The third-order valence-corrected chi connectivity index (χ3v) is 4.27. The molecule has 1 aliphatic rings. The molecule has 0 aliphatic heterocycles. The summed E-state index contributed by atoms with van der Waals surface area (Å²) in [6.45, 7) is 1.85. The lowest BCUT2D eigenvalue weighted by Gasteiger charge is -2.25. The van der Waals surface area contributed by atoms with Gasteiger partial charge >= 0.3 is 5.97 Å². The predicted octanol–water partition coefficient (Wildman–Crippen LogP) is 2.92. The zero-order valence-corrected chi connectivity index (χ0v) is 12.3. The molecule has 0 fully saturated rings. The third kappa shape index (κ3) is 2.39. The van der Waals surface area contributed by atoms with E-state index in [2.05, 4.69) is 10.4 Å². The molecule has 21 heavy (non-hydrogen) atoms. The molecule has 110 valence electrons. The molecule has 1 aromatic heterocycles. The maximum atomic E-state index is 11.2. The van der Waals surface area contributed by atoms with Gasteiger partial charge < -0.3 is 10.4 Å². The van der Waals surface area contributed by atoms with Crippen LogP contribution in [0.3, 0.4) is 0 Å². The number of benzene rings is 1. The van der Waals surface area contributed by atoms with E-state index in [-0.39, 0.29) is 6.04 Å². The summed E-state index contributed by atoms with van der Waals surface area (Å²) in [5, 5.41) is 17.1. The lowest BCUT2D eigenvalue weighted by Crippen LogP contribution is -2.18. The SMILES string of the molecule is Cc1c(NC2CCCc3c2cnn3C)cccc1C(=O)O. The molecule has 0 amide bonds. The van der Waals surface area contributed by atoms with Crippen molar-refractivity contribution in [2.45, 2.75) is 32.2 Å². The summed E-state index contributed by atoms with van der Waals surface area (Å²) >= 11 is 0. The molecule has 1 aromatic carbocycles. The van der Waals surface area contributed by atoms with Gasteiger partial charge in [0.1, 0.15) is 0 Å². The average molecular weight is 285 g/mol. The van der Waals surface area contributed by atoms with Gasteiger partial charge in [0, 0.05) is 24.0 Å². The van der Waals surface area contributed by atoms with Crippen LogP contribution in [0.15, 0.2) is 24.4 Å². The van der Waals surface area contributed by atoms with E-state index >= 15 is 0 Å². The molecule has 0 saturated heterocycles. The van der Waals surface area contributed by atoms with Crippen molar-refractivity contribution in [1.29, 1.82) is 0 Å². The number of aromatic nitrogens is 2. The van der Waals surface area contributed by atoms with Gasteiger partial charge in [0.05, 0.1) is 17.8 Å². The van der Waals surface area contributed by atoms with Gasteiger partial charge in [-0.25, -0.2) is 4.79 Å². The normalized spacial score (nSPS) is 17.3. The fourth-order valence-electron chi connectivity index (χ4n) is 3.07. The van der Waals surface area contributed by atoms with E-state index in [9.17, 15) is 9.90 Å². The topological polar surface area (TPSA) is 67.2 Å². The van der Waals surface area contributed by atoms with Crippen molar-refractivity contribution in [3.05, 3.63) is 46.8 Å². The molecular weight excluding hydrogens is 266 g/mol. The van der Waals surface area contributed by atoms with Crippen LogP contribution in [0.25, 0.3) is 0 Å². The van der Waals surface area contributed by atoms with Gasteiger partial charge in [0.2, 0.25) is 0 Å². The van der Waals surface area contributed by atoms with Crippen LogP contribution in [-0.2, 0) is 13.5 Å². The van der Waals surface area contributed by atoms with Crippen LogP contribution in [0.2, 0.25) is 0 Å². The molecule has 5 heteroatoms. The van der Waals surface area contributed by atoms with Crippen LogP contribution in [0, 0.1) is 6.92 Å². The number of hydrogen-bond acceptors (Lipinski definition) is 3. The zero-order valence-electron chi connectivity index (χ0n) is 12.3. The Balaban J connectivity index is 1.92. The highest BCUT2D eigenvalue weighted by Crippen LogP contribution is 2.33. The Kier molecular flexibility index (Phi) is 3.41. The quantitative estimate of drug-likeness (QED) is 0.910. The molecule has 0 radical (unpaired) electrons. The Morgan fingerprint density at radius 1 is 1.48 bits per heavy atom. The van der Waals surface area contributed by atoms with Crippen LogP contribution >= 0.6 is 0 Å². The molecule has 0 saturated carbocycles. The van der Waals surface area contributed by atoms with Gasteiger partial charge in [0.15, 0.2) is 0 Å². The number of carboxylic acid groups (broad SMARTS) is 1. The van der Waals surface area contributed by atoms with Gasteiger partial charge in [-0.05, 0) is 43.9 Å². The average Bonchev–Trinajstić information content (AvgIpc) is 2.84. The fraction of sp³-hybridized carbons (Fsp3) is 0.375. The Hall–Kier alpha value is -2.30. The molecule has 1 unspecified atom stereocenters. The van der Waals surface area contributed by atoms with Crippen LogP contribution in [0.1, 0.15) is 46.1 Å². The lowest BCUT2D eigenvalue weighted by atomic mass is 9.92. The summed E-state index contributed by atoms with van der Waals surface area (Å²) in [5.41, 5.74) is 4.51. The lowest BCUT2D eigenvalue weighted by molar-refractivity contribution is 0.0696. The second-order valence-electron chi connectivity index (χ2n) is 5.54. The van der Waals surface area contributed by atoms with E-state index < -0.39 is 5.97 Å². The van der Waals surface area contributed by atoms with Crippen molar-refractivity contribution in [3.63, 3.8) is 0 Å². The summed E-state index contributed by atoms with van der Waals surface area (Å²) in [7, 11) is 1.97. The van der Waals surface area contributed by atoms with Gasteiger partial charge in [-0.15, -0.1) is 0 Å². The minimum atomic E-state index is -0.887. The van der Waals surface area contributed by atoms with Crippen molar-refractivity contribution < 1.29 is 9.90 Å². The van der Waals surface area contributed by atoms with Gasteiger partial charge in [-0.1, -0.05) is 6.07 Å². The standard InChI is InChI=1S/C16H19N3O2/c1-10-11(16(20)21)5-3-6-13(10)18-14-7-4-8-15-12(14)9-17-19(15)2/h3,5-6,9,14,18H,4,7-8H2,1-2H3,(H,20,21). The number of rotatable bonds is 3. The van der Waals surface area contributed by atoms with E-state index in [0.717, 1.165) is 30.5 Å². The Bertz CT molecular complexity index is 691. The number of hydrogen-bond donors (Lipinski definition) is 2. The number of fused-ring (bicyclic) bond motifs is 1. The van der Waals surface area contributed by atoms with E-state index in [4.69, 9.17) is 0 Å². The van der Waals surface area contributed by atoms with E-state index in [1.807, 2.05) is 30.9 Å². The minimum Gasteiger partial charge on any atom is -0.478 e. The third-order valence-electron chi connectivity index (χ3n) is 4.27. The van der Waals surface area contributed by atoms with Crippen molar-refractivity contribution >= 4 is 11.7 Å². The molecular formula is C16H19N3O2. The number of aromatic carboxylic acids is 1. The Labute approximate surface area is 123 Å². The fourth-order valence-corrected chi connectivity index (χ4v) is 3.07. The van der Waals surface area contributed by atoms with Crippen molar-refractivity contribution in [3.8, 4) is 0 Å². The van der Waals surface area contributed by atoms with E-state index in [1.165, 1.54) is 11.3 Å². The Morgan fingerprint density at radius 3 is 3.05 bits per heavy atom. The molecule has 5 nitrogen and oxygen atoms in total. The second-order valence-corrected chi connectivity index (χ2v) is 5.54. The highest BCUT2D eigenvalue weighted by molar-refractivity contribution is 5.91. The largest absolute Gasteiger partial charge is 0.478 e. The molecule has 1 aliphatic carbocycles. The number of nitrogens with zero attached hydrogens (tertiary/aromatic N) is 2. The van der Waals surface area contributed by atoms with Crippen LogP contribution in [-0.4, -0.2) is 20.9 Å². The van der Waals surface area contributed by atoms with Crippen molar-refractivity contribution in [2.75, 3.05) is 5.32 Å². The maximum Gasteiger partial charge on any atom is 0.336 e. The van der Waals surface area contributed by atoms with Crippen LogP contribution in [0.5, 0.6) is 0 Å². The first-order valence-corrected chi connectivity index (χ1v) is 7.18. The van der Waals surface area contributed by atoms with Crippen molar-refractivity contribution in [2.24, 2.45) is 7.05 Å². The van der Waals surface area contributed by atoms with Crippen LogP contribution in [0.4, 0.5) is 5.69 Å². The summed E-state index contributed by atoms with van der Waals surface area (Å²) in [4.78, 5) is 11.2. The van der Waals surface area contributed by atoms with E-state index in [0.29, 0.717) is 5.56 Å². The number of carboxylic acids is 1. The van der Waals surface area contributed by atoms with E-state index in [1.54, 1.807) is 12.1 Å². The zero-order chi connectivity index (χ0) is 15.0. The molecule has 0 bridgehead atoms. The van der Waals surface area contributed by atoms with Gasteiger partial charge in [-0.2, -0.15) is 5.10 Å². The maximum absolute atomic E-state index is 11.2. The molecule has 2 N–H and O–H groups in total. The number of anilines is 1. The molecule has 3 rings (SSSR count). The van der Waals surface area contributed by atoms with Gasteiger partial charge in [0.25, 0.3) is 0 Å². The first-order chi connectivity index (χ1) is 10.1. The Morgan fingerprint density at radius 2 is 2.29 bits per heavy atom. The monoisotopic (exact) mass is 285 g/mol. The predicted molar refractivity (Wildman–Crippen MR) is 80.6 cm³/mol. The summed E-state index contributed by atoms with van der Waals surface area (Å²) in [5.74, 6) is -0.887. The minimum absolute atomic E-state index is 0.199. The summed E-state index contributed by atoms with van der Waals surface area (Å²) < 4.78 is 1.93. The summed E-state index contributed by atoms with van der Waals surface area (Å²) in [6, 6.07) is 5.56. The number of nitrogens with one attached hydrogen (secondary N) is 1. The highest BCUT2D eigenvalue weighted by Gasteiger charge is 2.24. The van der Waals surface area contributed by atoms with Gasteiger partial charge in [-0.3, -0.25) is 4.68 Å². The number of carbonyl (C=O) groups is 1. The summed E-state index contributed by atoms with van der Waals surface area (Å²) in [6.07, 6.45) is 5.12. The van der Waals surface area contributed by atoms with Crippen LogP contribution < -0.4 is 5.32 Å². The highest BCUT2D eigenvalue weighted by atomic mass is 16.4. The molecule has 1 heterocycles. The first kappa shape index (κ1) is 13.7.